The lowest BCUT2D eigenvalue weighted by atomic mass is 9.99. The number of hydrogen-bond acceptors (Lipinski definition) is 5. The topological polar surface area (TPSA) is 57.3 Å². The van der Waals surface area contributed by atoms with Crippen molar-refractivity contribution in [3.8, 4) is 0 Å². The van der Waals surface area contributed by atoms with Crippen LogP contribution in [-0.4, -0.2) is 30.9 Å². The summed E-state index contributed by atoms with van der Waals surface area (Å²) in [7, 11) is 3.94. The van der Waals surface area contributed by atoms with Gasteiger partial charge in [-0.25, -0.2) is 0 Å². The van der Waals surface area contributed by atoms with E-state index in [0.29, 0.717) is 12.1 Å². The summed E-state index contributed by atoms with van der Waals surface area (Å²) in [5, 5.41) is 6.85. The maximum atomic E-state index is 12.4. The van der Waals surface area contributed by atoms with Gasteiger partial charge in [0.25, 0.3) is 5.91 Å². The second kappa shape index (κ2) is 6.58. The zero-order chi connectivity index (χ0) is 16.4. The number of aryl methyl sites for hydroxylation is 2. The maximum Gasteiger partial charge on any atom is 0.256 e. The molecule has 2 aromatic rings. The van der Waals surface area contributed by atoms with E-state index in [1.54, 1.807) is 0 Å². The summed E-state index contributed by atoms with van der Waals surface area (Å²) < 4.78 is 4.24. The Morgan fingerprint density at radius 1 is 1.43 bits per heavy atom. The smallest absolute Gasteiger partial charge is 0.256 e. The number of nitrogens with one attached hydrogen (secondary N) is 2. The van der Waals surface area contributed by atoms with Crippen LogP contribution in [0.3, 0.4) is 0 Å². The lowest BCUT2D eigenvalue weighted by molar-refractivity contribution is 0.0951. The molecule has 0 aliphatic carbocycles. The van der Waals surface area contributed by atoms with Crippen molar-refractivity contribution in [1.82, 2.24) is 9.69 Å². The van der Waals surface area contributed by atoms with Gasteiger partial charge in [-0.15, -0.1) is 0 Å². The fraction of sp³-hybridized carbons (Fsp3) is 0.412. The van der Waals surface area contributed by atoms with E-state index in [-0.39, 0.29) is 5.91 Å². The number of anilines is 2. The van der Waals surface area contributed by atoms with Gasteiger partial charge in [-0.2, -0.15) is 4.37 Å². The largest absolute Gasteiger partial charge is 0.378 e. The Hall–Kier alpha value is -2.08. The summed E-state index contributed by atoms with van der Waals surface area (Å²) in [4.78, 5) is 14.7. The van der Waals surface area contributed by atoms with Crippen LogP contribution in [0.4, 0.5) is 10.7 Å². The molecule has 2 N–H and O–H groups in total. The highest BCUT2D eigenvalue weighted by molar-refractivity contribution is 7.10. The van der Waals surface area contributed by atoms with Crippen LogP contribution in [0.1, 0.15) is 33.6 Å². The number of nitrogens with zero attached hydrogens (tertiary/aromatic N) is 2. The normalized spacial score (nSPS) is 13.6. The van der Waals surface area contributed by atoms with Crippen LogP contribution in [0.5, 0.6) is 0 Å². The van der Waals surface area contributed by atoms with Gasteiger partial charge in [0.15, 0.2) is 0 Å². The Morgan fingerprint density at radius 3 is 3.04 bits per heavy atom. The molecular weight excluding hydrogens is 308 g/mol. The number of rotatable bonds is 4. The monoisotopic (exact) mass is 330 g/mol. The fourth-order valence-electron chi connectivity index (χ4n) is 3.03. The Bertz CT molecular complexity index is 725. The first-order valence-electron chi connectivity index (χ1n) is 7.85. The van der Waals surface area contributed by atoms with Crippen molar-refractivity contribution < 1.29 is 4.79 Å². The van der Waals surface area contributed by atoms with Crippen molar-refractivity contribution in [1.29, 1.82) is 0 Å². The van der Waals surface area contributed by atoms with Crippen molar-refractivity contribution in [2.75, 3.05) is 30.9 Å². The highest BCUT2D eigenvalue weighted by Crippen LogP contribution is 2.27. The molecule has 1 aliphatic heterocycles. The lowest BCUT2D eigenvalue weighted by Crippen LogP contribution is -2.26. The summed E-state index contributed by atoms with van der Waals surface area (Å²) >= 11 is 1.32. The van der Waals surface area contributed by atoms with Crippen molar-refractivity contribution in [2.24, 2.45) is 0 Å². The number of carbonyl (C=O) groups is 1. The molecule has 2 heterocycles. The minimum Gasteiger partial charge on any atom is -0.378 e. The van der Waals surface area contributed by atoms with Crippen LogP contribution < -0.4 is 15.5 Å². The molecule has 5 nitrogen and oxygen atoms in total. The van der Waals surface area contributed by atoms with Crippen molar-refractivity contribution in [3.63, 3.8) is 0 Å². The molecule has 1 aliphatic rings. The van der Waals surface area contributed by atoms with Gasteiger partial charge in [-0.3, -0.25) is 4.79 Å². The van der Waals surface area contributed by atoms with Gasteiger partial charge >= 0.3 is 0 Å². The molecule has 0 unspecified atom stereocenters. The third-order valence-corrected chi connectivity index (χ3v) is 5.22. The SMILES string of the molecule is CNc1snc(C)c1C(=O)NCc1ccc2c(c1)CCCN2C. The van der Waals surface area contributed by atoms with Crippen molar-refractivity contribution in [3.05, 3.63) is 40.6 Å². The molecule has 23 heavy (non-hydrogen) atoms. The number of fused-ring (bicyclic) bond motifs is 1. The molecule has 3 rings (SSSR count). The maximum absolute atomic E-state index is 12.4. The van der Waals surface area contributed by atoms with Gasteiger partial charge in [0.2, 0.25) is 0 Å². The Labute approximate surface area is 140 Å². The Kier molecular flexibility index (Phi) is 4.52. The highest BCUT2D eigenvalue weighted by atomic mass is 32.1. The van der Waals surface area contributed by atoms with Crippen molar-refractivity contribution in [2.45, 2.75) is 26.3 Å². The first-order chi connectivity index (χ1) is 11.1. The van der Waals surface area contributed by atoms with E-state index in [9.17, 15) is 4.79 Å². The zero-order valence-electron chi connectivity index (χ0n) is 13.8. The average molecular weight is 330 g/mol. The third kappa shape index (κ3) is 3.17. The number of carbonyl (C=O) groups excluding carboxylic acids is 1. The van der Waals surface area contributed by atoms with E-state index < -0.39 is 0 Å². The van der Waals surface area contributed by atoms with Gasteiger partial charge in [0, 0.05) is 32.9 Å². The van der Waals surface area contributed by atoms with Crippen LogP contribution in [0.25, 0.3) is 0 Å². The molecular formula is C17H22N4OS. The zero-order valence-corrected chi connectivity index (χ0v) is 14.6. The predicted octanol–water partition coefficient (Wildman–Crippen LogP) is 2.81. The Morgan fingerprint density at radius 2 is 2.26 bits per heavy atom. The second-order valence-corrected chi connectivity index (χ2v) is 6.67. The summed E-state index contributed by atoms with van der Waals surface area (Å²) in [6, 6.07) is 6.47. The van der Waals surface area contributed by atoms with Crippen molar-refractivity contribution >= 4 is 28.1 Å². The Balaban J connectivity index is 1.71. The van der Waals surface area contributed by atoms with Gasteiger partial charge in [-0.1, -0.05) is 12.1 Å². The first kappa shape index (κ1) is 15.8. The molecule has 0 saturated carbocycles. The quantitative estimate of drug-likeness (QED) is 0.905. The molecule has 6 heteroatoms. The lowest BCUT2D eigenvalue weighted by Gasteiger charge is -2.27. The van der Waals surface area contributed by atoms with E-state index in [1.165, 1.54) is 29.2 Å². The molecule has 0 saturated heterocycles. The minimum absolute atomic E-state index is 0.0737. The third-order valence-electron chi connectivity index (χ3n) is 4.26. The summed E-state index contributed by atoms with van der Waals surface area (Å²) in [5.74, 6) is -0.0737. The number of amides is 1. The molecule has 0 atom stereocenters. The van der Waals surface area contributed by atoms with E-state index in [0.717, 1.165) is 29.2 Å². The molecule has 122 valence electrons. The molecule has 0 bridgehead atoms. The number of benzene rings is 1. The summed E-state index contributed by atoms with van der Waals surface area (Å²) in [6.07, 6.45) is 2.30. The molecule has 0 radical (unpaired) electrons. The first-order valence-corrected chi connectivity index (χ1v) is 8.62. The number of aromatic nitrogens is 1. The van der Waals surface area contributed by atoms with Crippen LogP contribution in [-0.2, 0) is 13.0 Å². The highest BCUT2D eigenvalue weighted by Gasteiger charge is 2.18. The van der Waals surface area contributed by atoms with Gasteiger partial charge in [0.05, 0.1) is 11.3 Å². The molecule has 1 aromatic heterocycles. The van der Waals surface area contributed by atoms with Crippen LogP contribution >= 0.6 is 11.5 Å². The van der Waals surface area contributed by atoms with Gasteiger partial charge in [0.1, 0.15) is 5.00 Å². The molecule has 0 spiro atoms. The number of hydrogen-bond donors (Lipinski definition) is 2. The standard InChI is InChI=1S/C17H22N4OS/c1-11-15(17(18-2)23-20-11)16(22)19-10-12-6-7-14-13(9-12)5-4-8-21(14)3/h6-7,9,18H,4-5,8,10H2,1-3H3,(H,19,22). The van der Waals surface area contributed by atoms with Gasteiger partial charge in [-0.05, 0) is 48.5 Å². The van der Waals surface area contributed by atoms with Crippen LogP contribution in [0.15, 0.2) is 18.2 Å². The van der Waals surface area contributed by atoms with Crippen LogP contribution in [0, 0.1) is 6.92 Å². The minimum atomic E-state index is -0.0737. The van der Waals surface area contributed by atoms with E-state index in [1.807, 2.05) is 14.0 Å². The van der Waals surface area contributed by atoms with E-state index in [2.05, 4.69) is 45.2 Å². The second-order valence-electron chi connectivity index (χ2n) is 5.89. The molecule has 0 fully saturated rings. The molecule has 1 amide bonds. The average Bonchev–Trinajstić information content (AvgIpc) is 2.93. The van der Waals surface area contributed by atoms with Crippen LogP contribution in [0.2, 0.25) is 0 Å². The van der Waals surface area contributed by atoms with Gasteiger partial charge < -0.3 is 15.5 Å². The van der Waals surface area contributed by atoms with E-state index >= 15 is 0 Å². The molecule has 1 aromatic carbocycles. The summed E-state index contributed by atoms with van der Waals surface area (Å²) in [6.45, 7) is 3.51. The predicted molar refractivity (Wildman–Crippen MR) is 95.6 cm³/mol. The van der Waals surface area contributed by atoms with E-state index in [4.69, 9.17) is 0 Å². The fourth-order valence-corrected chi connectivity index (χ4v) is 3.77. The summed E-state index contributed by atoms with van der Waals surface area (Å²) in [5.41, 5.74) is 5.23.